The van der Waals surface area contributed by atoms with Crippen LogP contribution in [0.4, 0.5) is 0 Å². The molecule has 40 valence electrons. The Kier molecular flexibility index (Phi) is 1.74. The van der Waals surface area contributed by atoms with Gasteiger partial charge in [0.2, 0.25) is 0 Å². The molecule has 1 heterocycles. The molecule has 0 saturated heterocycles. The highest BCUT2D eigenvalue weighted by molar-refractivity contribution is 7.18. The van der Waals surface area contributed by atoms with Gasteiger partial charge in [0.25, 0.3) is 0 Å². The molecule has 0 bridgehead atoms. The van der Waals surface area contributed by atoms with Crippen molar-refractivity contribution in [2.45, 2.75) is 13.3 Å². The molecule has 0 nitrogen and oxygen atoms in total. The Morgan fingerprint density at radius 3 is 2.75 bits per heavy atom. The highest BCUT2D eigenvalue weighted by Gasteiger charge is 1.88. The lowest BCUT2D eigenvalue weighted by Crippen LogP contribution is -1.90. The van der Waals surface area contributed by atoms with E-state index in [0.717, 1.165) is 11.2 Å². The molecule has 0 spiro atoms. The Labute approximate surface area is 55.0 Å². The minimum absolute atomic E-state index is 0.918. The van der Waals surface area contributed by atoms with Crippen LogP contribution in [0.5, 0.6) is 0 Å². The maximum Gasteiger partial charge on any atom is 0.128 e. The predicted molar refractivity (Wildman–Crippen MR) is 39.1 cm³/mol. The fourth-order valence-corrected chi connectivity index (χ4v) is 1.32. The largest absolute Gasteiger partial charge is 0.160 e. The summed E-state index contributed by atoms with van der Waals surface area (Å²) >= 11 is 1.61. The van der Waals surface area contributed by atoms with Crippen LogP contribution in [0.2, 0.25) is 0 Å². The molecule has 1 aromatic heterocycles. The molecule has 0 aliphatic rings. The molecular weight excluding hydrogens is 115 g/mol. The summed E-state index contributed by atoms with van der Waals surface area (Å²) in [5.41, 5.74) is 1.34. The van der Waals surface area contributed by atoms with Crippen LogP contribution in [0.3, 0.4) is 0 Å². The van der Waals surface area contributed by atoms with Crippen LogP contribution in [0.1, 0.15) is 12.5 Å². The fourth-order valence-electron chi connectivity index (χ4n) is 0.580. The molecule has 2 radical (unpaired) electrons. The van der Waals surface area contributed by atoms with Crippen molar-refractivity contribution in [2.75, 3.05) is 0 Å². The topological polar surface area (TPSA) is 0 Å². The van der Waals surface area contributed by atoms with E-state index in [-0.39, 0.29) is 0 Å². The van der Waals surface area contributed by atoms with Crippen LogP contribution >= 0.6 is 11.3 Å². The van der Waals surface area contributed by atoms with Crippen molar-refractivity contribution in [1.29, 1.82) is 0 Å². The Morgan fingerprint density at radius 2 is 2.50 bits per heavy atom. The van der Waals surface area contributed by atoms with E-state index in [1.807, 2.05) is 6.07 Å². The Balaban J connectivity index is 2.84. The molecule has 0 aliphatic carbocycles. The third-order valence-corrected chi connectivity index (χ3v) is 1.89. The Hall–Kier alpha value is -0.235. The molecule has 0 fully saturated rings. The summed E-state index contributed by atoms with van der Waals surface area (Å²) in [6.45, 7) is 2.13. The fraction of sp³-hybridized carbons (Fsp3) is 0.333. The van der Waals surface area contributed by atoms with E-state index in [2.05, 4.69) is 12.3 Å². The second-order valence-corrected chi connectivity index (χ2v) is 2.65. The SMILES string of the molecule is [B]c1cc(CC)cs1. The summed E-state index contributed by atoms with van der Waals surface area (Å²) in [7, 11) is 5.47. The lowest BCUT2D eigenvalue weighted by atomic mass is 10.1. The first-order chi connectivity index (χ1) is 3.83. The maximum atomic E-state index is 5.47. The molecule has 0 unspecified atom stereocenters. The van der Waals surface area contributed by atoms with Crippen molar-refractivity contribution < 1.29 is 0 Å². The van der Waals surface area contributed by atoms with Crippen LogP contribution < -0.4 is 4.78 Å². The van der Waals surface area contributed by atoms with Crippen molar-refractivity contribution in [3.05, 3.63) is 17.0 Å². The Morgan fingerprint density at radius 1 is 1.75 bits per heavy atom. The van der Waals surface area contributed by atoms with Gasteiger partial charge in [-0.2, -0.15) is 11.3 Å². The minimum Gasteiger partial charge on any atom is -0.160 e. The number of hydrogen-bond acceptors (Lipinski definition) is 1. The normalized spacial score (nSPS) is 9.62. The van der Waals surface area contributed by atoms with Gasteiger partial charge in [-0.25, -0.2) is 0 Å². The smallest absolute Gasteiger partial charge is 0.128 e. The Bertz CT molecular complexity index is 169. The predicted octanol–water partition coefficient (Wildman–Crippen LogP) is 1.10. The van der Waals surface area contributed by atoms with Gasteiger partial charge in [0.15, 0.2) is 0 Å². The van der Waals surface area contributed by atoms with Gasteiger partial charge in [-0.05, 0) is 22.1 Å². The zero-order chi connectivity index (χ0) is 5.98. The zero-order valence-corrected chi connectivity index (χ0v) is 5.66. The molecule has 0 amide bonds. The first-order valence-corrected chi connectivity index (χ1v) is 3.53. The lowest BCUT2D eigenvalue weighted by molar-refractivity contribution is 1.16. The van der Waals surface area contributed by atoms with Crippen molar-refractivity contribution in [3.8, 4) is 0 Å². The van der Waals surface area contributed by atoms with E-state index < -0.39 is 0 Å². The van der Waals surface area contributed by atoms with E-state index in [9.17, 15) is 0 Å². The summed E-state index contributed by atoms with van der Waals surface area (Å²) in [5.74, 6) is 0. The second kappa shape index (κ2) is 2.36. The molecule has 8 heavy (non-hydrogen) atoms. The summed E-state index contributed by atoms with van der Waals surface area (Å²) in [6.07, 6.45) is 1.09. The molecule has 1 aromatic rings. The van der Waals surface area contributed by atoms with E-state index in [1.54, 1.807) is 11.3 Å². The molecule has 0 saturated carbocycles. The second-order valence-electron chi connectivity index (χ2n) is 1.71. The van der Waals surface area contributed by atoms with Crippen LogP contribution in [0.15, 0.2) is 11.4 Å². The quantitative estimate of drug-likeness (QED) is 0.489. The van der Waals surface area contributed by atoms with Crippen molar-refractivity contribution in [1.82, 2.24) is 0 Å². The van der Waals surface area contributed by atoms with E-state index in [1.165, 1.54) is 5.56 Å². The number of thiophene rings is 1. The van der Waals surface area contributed by atoms with E-state index >= 15 is 0 Å². The van der Waals surface area contributed by atoms with Gasteiger partial charge in [-0.3, -0.25) is 0 Å². The average Bonchev–Trinajstić information content (AvgIpc) is 2.14. The summed E-state index contributed by atoms with van der Waals surface area (Å²) in [6, 6.07) is 2.02. The summed E-state index contributed by atoms with van der Waals surface area (Å²) in [4.78, 5) is 0. The molecule has 0 aliphatic heterocycles. The highest BCUT2D eigenvalue weighted by Crippen LogP contribution is 2.01. The van der Waals surface area contributed by atoms with Crippen LogP contribution in [0.25, 0.3) is 0 Å². The molecule has 1 rings (SSSR count). The van der Waals surface area contributed by atoms with E-state index in [4.69, 9.17) is 7.85 Å². The number of rotatable bonds is 1. The van der Waals surface area contributed by atoms with Crippen molar-refractivity contribution in [3.63, 3.8) is 0 Å². The van der Waals surface area contributed by atoms with Gasteiger partial charge >= 0.3 is 0 Å². The maximum absolute atomic E-state index is 5.47. The molecule has 0 N–H and O–H groups in total. The summed E-state index contributed by atoms with van der Waals surface area (Å²) < 4.78 is 0.918. The third-order valence-electron chi connectivity index (χ3n) is 1.08. The standard InChI is InChI=1S/C6H7BS/c1-2-5-3-6(7)8-4-5/h3-4H,2H2,1H3. The van der Waals surface area contributed by atoms with Crippen molar-refractivity contribution in [2.24, 2.45) is 0 Å². The first-order valence-electron chi connectivity index (χ1n) is 2.66. The zero-order valence-electron chi connectivity index (χ0n) is 4.85. The molecule has 0 aromatic carbocycles. The minimum atomic E-state index is 0.918. The van der Waals surface area contributed by atoms with Gasteiger partial charge in [-0.15, -0.1) is 0 Å². The number of aryl methyl sites for hydroxylation is 1. The number of hydrogen-bond donors (Lipinski definition) is 0. The van der Waals surface area contributed by atoms with Crippen LogP contribution in [0, 0.1) is 0 Å². The monoisotopic (exact) mass is 122 g/mol. The van der Waals surface area contributed by atoms with Gasteiger partial charge < -0.3 is 0 Å². The van der Waals surface area contributed by atoms with Crippen molar-refractivity contribution >= 4 is 24.0 Å². The molecule has 2 heteroatoms. The molecule has 0 atom stereocenters. The highest BCUT2D eigenvalue weighted by atomic mass is 32.1. The van der Waals surface area contributed by atoms with Gasteiger partial charge in [0.1, 0.15) is 7.85 Å². The molecular formula is C6H7BS. The van der Waals surface area contributed by atoms with Crippen LogP contribution in [-0.2, 0) is 6.42 Å². The first kappa shape index (κ1) is 5.89. The van der Waals surface area contributed by atoms with Gasteiger partial charge in [0, 0.05) is 0 Å². The third kappa shape index (κ3) is 1.13. The van der Waals surface area contributed by atoms with Gasteiger partial charge in [0.05, 0.1) is 0 Å². The summed E-state index contributed by atoms with van der Waals surface area (Å²) in [5, 5.41) is 2.09. The van der Waals surface area contributed by atoms with E-state index in [0.29, 0.717) is 0 Å². The van der Waals surface area contributed by atoms with Gasteiger partial charge in [-0.1, -0.05) is 13.0 Å². The van der Waals surface area contributed by atoms with Crippen LogP contribution in [-0.4, -0.2) is 7.85 Å². The lowest BCUT2D eigenvalue weighted by Gasteiger charge is -1.80. The average molecular weight is 122 g/mol.